The summed E-state index contributed by atoms with van der Waals surface area (Å²) in [5.41, 5.74) is 10.7. The molecule has 0 aliphatic heterocycles. The van der Waals surface area contributed by atoms with Gasteiger partial charge in [-0.25, -0.2) is 0 Å². The minimum Gasteiger partial charge on any atom is -0.454 e. The monoisotopic (exact) mass is 676 g/mol. The zero-order valence-corrected chi connectivity index (χ0v) is 28.8. The molecule has 0 spiro atoms. The van der Waals surface area contributed by atoms with E-state index in [-0.39, 0.29) is 0 Å². The van der Waals surface area contributed by atoms with Gasteiger partial charge in [-0.05, 0) is 81.9 Å². The highest BCUT2D eigenvalue weighted by Gasteiger charge is 2.23. The number of rotatable bonds is 5. The zero-order chi connectivity index (χ0) is 34.9. The molecule has 0 N–H and O–H groups in total. The Hall–Kier alpha value is -7.10. The van der Waals surface area contributed by atoms with E-state index in [1.807, 2.05) is 6.07 Å². The largest absolute Gasteiger partial charge is 0.454 e. The summed E-state index contributed by atoms with van der Waals surface area (Å²) < 4.78 is 9.13. The zero-order valence-electron chi connectivity index (χ0n) is 28.8. The molecule has 248 valence electrons. The Morgan fingerprint density at radius 1 is 0.377 bits per heavy atom. The van der Waals surface area contributed by atoms with Crippen LogP contribution in [-0.2, 0) is 0 Å². The fourth-order valence-electron chi connectivity index (χ4n) is 8.28. The molecule has 0 unspecified atom stereocenters. The SMILES string of the molecule is c1ccc2cc(-c3ccc(N(c4cc(-n5c6ccccc6c6ccccc65)cc5ccccc45)c4cccc5c4oc4ccccc45)cc3)ccc2c1. The second kappa shape index (κ2) is 11.7. The number of aromatic nitrogens is 1. The number of benzene rings is 9. The van der Waals surface area contributed by atoms with Crippen LogP contribution in [-0.4, -0.2) is 4.57 Å². The first kappa shape index (κ1) is 29.6. The Bertz CT molecular complexity index is 3130. The van der Waals surface area contributed by atoms with Crippen LogP contribution in [0.25, 0.3) is 82.1 Å². The lowest BCUT2D eigenvalue weighted by Crippen LogP contribution is -2.11. The quantitative estimate of drug-likeness (QED) is 0.181. The molecule has 0 aliphatic carbocycles. The predicted molar refractivity (Wildman–Crippen MR) is 223 cm³/mol. The van der Waals surface area contributed by atoms with Crippen LogP contribution in [0.5, 0.6) is 0 Å². The molecule has 0 radical (unpaired) electrons. The van der Waals surface area contributed by atoms with Crippen molar-refractivity contribution >= 4 is 82.4 Å². The number of para-hydroxylation sites is 4. The van der Waals surface area contributed by atoms with Gasteiger partial charge in [0, 0.05) is 38.3 Å². The lowest BCUT2D eigenvalue weighted by molar-refractivity contribution is 0.669. The summed E-state index contributed by atoms with van der Waals surface area (Å²) in [7, 11) is 0. The van der Waals surface area contributed by atoms with Crippen molar-refractivity contribution in [2.45, 2.75) is 0 Å². The highest BCUT2D eigenvalue weighted by Crippen LogP contribution is 2.46. The molecule has 0 atom stereocenters. The standard InChI is InChI=1S/C50H32N2O/c1-2-13-35-30-36(25-24-33(35)12-1)34-26-28-38(29-27-34)51(47-22-11-19-44-43-18-7-10-23-49(43)53-50(44)47)48-32-39(31-37-14-3-4-15-40(37)48)52-45-20-8-5-16-41(45)42-17-6-9-21-46(42)52/h1-32H. The van der Waals surface area contributed by atoms with Crippen molar-refractivity contribution in [2.24, 2.45) is 0 Å². The number of hydrogen-bond donors (Lipinski definition) is 0. The van der Waals surface area contributed by atoms with Crippen molar-refractivity contribution in [3.05, 3.63) is 194 Å². The molecular weight excluding hydrogens is 645 g/mol. The van der Waals surface area contributed by atoms with Crippen molar-refractivity contribution in [3.63, 3.8) is 0 Å². The summed E-state index contributed by atoms with van der Waals surface area (Å²) in [6.45, 7) is 0. The molecule has 11 aromatic rings. The molecule has 0 saturated carbocycles. The second-order valence-corrected chi connectivity index (χ2v) is 13.8. The van der Waals surface area contributed by atoms with Crippen LogP contribution in [0.15, 0.2) is 199 Å². The van der Waals surface area contributed by atoms with Crippen molar-refractivity contribution in [1.82, 2.24) is 4.57 Å². The van der Waals surface area contributed by atoms with E-state index >= 15 is 0 Å². The van der Waals surface area contributed by atoms with Crippen LogP contribution in [0.1, 0.15) is 0 Å². The van der Waals surface area contributed by atoms with Crippen molar-refractivity contribution in [3.8, 4) is 16.8 Å². The number of nitrogens with zero attached hydrogens (tertiary/aromatic N) is 2. The molecule has 0 bridgehead atoms. The Labute approximate surface area is 306 Å². The molecule has 0 amide bonds. The average molecular weight is 677 g/mol. The average Bonchev–Trinajstić information content (AvgIpc) is 3.77. The lowest BCUT2D eigenvalue weighted by atomic mass is 10.0. The van der Waals surface area contributed by atoms with Gasteiger partial charge in [0.05, 0.1) is 22.4 Å². The maximum absolute atomic E-state index is 6.72. The van der Waals surface area contributed by atoms with Crippen LogP contribution in [0.2, 0.25) is 0 Å². The normalized spacial score (nSPS) is 11.8. The van der Waals surface area contributed by atoms with Crippen LogP contribution in [0, 0.1) is 0 Å². The molecular formula is C50H32N2O. The van der Waals surface area contributed by atoms with Gasteiger partial charge in [-0.3, -0.25) is 0 Å². The summed E-state index contributed by atoms with van der Waals surface area (Å²) in [6.07, 6.45) is 0. The summed E-state index contributed by atoms with van der Waals surface area (Å²) in [6, 6.07) is 69.8. The number of fused-ring (bicyclic) bond motifs is 8. The van der Waals surface area contributed by atoms with Gasteiger partial charge in [0.25, 0.3) is 0 Å². The van der Waals surface area contributed by atoms with E-state index < -0.39 is 0 Å². The Morgan fingerprint density at radius 2 is 0.981 bits per heavy atom. The molecule has 3 nitrogen and oxygen atoms in total. The van der Waals surface area contributed by atoms with E-state index in [0.29, 0.717) is 0 Å². The van der Waals surface area contributed by atoms with E-state index in [1.165, 1.54) is 43.7 Å². The molecule has 0 saturated heterocycles. The first-order valence-corrected chi connectivity index (χ1v) is 18.1. The fraction of sp³-hybridized carbons (Fsp3) is 0. The maximum atomic E-state index is 6.72. The van der Waals surface area contributed by atoms with Crippen LogP contribution in [0.3, 0.4) is 0 Å². The van der Waals surface area contributed by atoms with Crippen LogP contribution < -0.4 is 4.90 Å². The van der Waals surface area contributed by atoms with Gasteiger partial charge in [-0.2, -0.15) is 0 Å². The molecule has 2 aromatic heterocycles. The maximum Gasteiger partial charge on any atom is 0.159 e. The minimum absolute atomic E-state index is 0.860. The predicted octanol–water partition coefficient (Wildman–Crippen LogP) is 14.1. The van der Waals surface area contributed by atoms with Crippen molar-refractivity contribution < 1.29 is 4.42 Å². The van der Waals surface area contributed by atoms with Crippen LogP contribution >= 0.6 is 0 Å². The number of furan rings is 1. The molecule has 11 rings (SSSR count). The van der Waals surface area contributed by atoms with Gasteiger partial charge in [0.1, 0.15) is 5.58 Å². The molecule has 0 aliphatic rings. The van der Waals surface area contributed by atoms with E-state index in [9.17, 15) is 0 Å². The Kier molecular flexibility index (Phi) is 6.55. The smallest absolute Gasteiger partial charge is 0.159 e. The van der Waals surface area contributed by atoms with E-state index in [0.717, 1.165) is 55.5 Å². The third-order valence-corrected chi connectivity index (χ3v) is 10.7. The number of anilines is 3. The second-order valence-electron chi connectivity index (χ2n) is 13.8. The fourth-order valence-corrected chi connectivity index (χ4v) is 8.28. The Morgan fingerprint density at radius 3 is 1.75 bits per heavy atom. The third-order valence-electron chi connectivity index (χ3n) is 10.7. The topological polar surface area (TPSA) is 21.3 Å². The van der Waals surface area contributed by atoms with Crippen molar-refractivity contribution in [2.75, 3.05) is 4.90 Å². The molecule has 53 heavy (non-hydrogen) atoms. The summed E-state index contributed by atoms with van der Waals surface area (Å²) >= 11 is 0. The third kappa shape index (κ3) is 4.68. The molecule has 9 aromatic carbocycles. The summed E-state index contributed by atoms with van der Waals surface area (Å²) in [5.74, 6) is 0. The van der Waals surface area contributed by atoms with Crippen LogP contribution in [0.4, 0.5) is 17.1 Å². The van der Waals surface area contributed by atoms with Gasteiger partial charge in [-0.1, -0.05) is 140 Å². The molecule has 0 fully saturated rings. The van der Waals surface area contributed by atoms with Gasteiger partial charge in [0.15, 0.2) is 5.58 Å². The van der Waals surface area contributed by atoms with Gasteiger partial charge in [-0.15, -0.1) is 0 Å². The molecule has 3 heteroatoms. The van der Waals surface area contributed by atoms with E-state index in [4.69, 9.17) is 4.42 Å². The van der Waals surface area contributed by atoms with Crippen molar-refractivity contribution in [1.29, 1.82) is 0 Å². The summed E-state index contributed by atoms with van der Waals surface area (Å²) in [4.78, 5) is 2.38. The highest BCUT2D eigenvalue weighted by molar-refractivity contribution is 6.13. The Balaban J connectivity index is 1.18. The minimum atomic E-state index is 0.860. The molecule has 2 heterocycles. The highest BCUT2D eigenvalue weighted by atomic mass is 16.3. The summed E-state index contributed by atoms with van der Waals surface area (Å²) in [5, 5.41) is 9.49. The number of hydrogen-bond acceptors (Lipinski definition) is 2. The van der Waals surface area contributed by atoms with Gasteiger partial charge < -0.3 is 13.9 Å². The first-order chi connectivity index (χ1) is 26.3. The van der Waals surface area contributed by atoms with E-state index in [1.54, 1.807) is 0 Å². The first-order valence-electron chi connectivity index (χ1n) is 18.1. The van der Waals surface area contributed by atoms with Gasteiger partial charge >= 0.3 is 0 Å². The van der Waals surface area contributed by atoms with E-state index in [2.05, 4.69) is 198 Å². The van der Waals surface area contributed by atoms with Gasteiger partial charge in [0.2, 0.25) is 0 Å². The lowest BCUT2D eigenvalue weighted by Gasteiger charge is -2.28.